The predicted octanol–water partition coefficient (Wildman–Crippen LogP) is 0.707. The van der Waals surface area contributed by atoms with Gasteiger partial charge in [-0.2, -0.15) is 0 Å². The number of carbonyl (C=O) groups is 3. The molecule has 16 heavy (non-hydrogen) atoms. The van der Waals surface area contributed by atoms with Crippen molar-refractivity contribution in [1.29, 1.82) is 0 Å². The minimum atomic E-state index is -1.23. The highest BCUT2D eigenvalue weighted by molar-refractivity contribution is 5.95. The van der Waals surface area contributed by atoms with Gasteiger partial charge in [-0.1, -0.05) is 0 Å². The molecule has 6 heteroatoms. The van der Waals surface area contributed by atoms with Crippen LogP contribution in [0.25, 0.3) is 0 Å². The highest BCUT2D eigenvalue weighted by Crippen LogP contribution is 2.17. The van der Waals surface area contributed by atoms with Crippen LogP contribution >= 0.6 is 0 Å². The van der Waals surface area contributed by atoms with E-state index in [1.165, 1.54) is 6.07 Å². The molecule has 1 aromatic carbocycles. The van der Waals surface area contributed by atoms with Gasteiger partial charge in [0.2, 0.25) is 0 Å². The molecular formula is C10H8O6. The summed E-state index contributed by atoms with van der Waals surface area (Å²) >= 11 is 0. The first-order valence-corrected chi connectivity index (χ1v) is 4.15. The highest BCUT2D eigenvalue weighted by atomic mass is 16.5. The summed E-state index contributed by atoms with van der Waals surface area (Å²) in [7, 11) is 1.16. The van der Waals surface area contributed by atoms with Crippen LogP contribution < -0.4 is 4.74 Å². The molecule has 0 aliphatic heterocycles. The summed E-state index contributed by atoms with van der Waals surface area (Å²) in [5.41, 5.74) is -0.168. The first kappa shape index (κ1) is 11.7. The summed E-state index contributed by atoms with van der Waals surface area (Å²) < 4.78 is 8.91. The third-order valence-electron chi connectivity index (χ3n) is 1.76. The third-order valence-corrected chi connectivity index (χ3v) is 1.76. The van der Waals surface area contributed by atoms with Crippen molar-refractivity contribution in [3.05, 3.63) is 29.3 Å². The molecule has 0 bridgehead atoms. The Labute approximate surface area is 90.4 Å². The monoisotopic (exact) mass is 224 g/mol. The van der Waals surface area contributed by atoms with E-state index in [2.05, 4.69) is 9.47 Å². The molecule has 0 aromatic heterocycles. The first-order valence-electron chi connectivity index (χ1n) is 4.15. The molecule has 0 heterocycles. The lowest BCUT2D eigenvalue weighted by atomic mass is 10.1. The van der Waals surface area contributed by atoms with Crippen molar-refractivity contribution < 1.29 is 29.0 Å². The number of rotatable bonds is 4. The van der Waals surface area contributed by atoms with Gasteiger partial charge in [0, 0.05) is 0 Å². The molecule has 0 saturated carbocycles. The largest absolute Gasteiger partial charge is 0.478 e. The molecule has 0 saturated heterocycles. The number of hydrogen-bond acceptors (Lipinski definition) is 5. The van der Waals surface area contributed by atoms with Crippen LogP contribution in [0.1, 0.15) is 20.7 Å². The summed E-state index contributed by atoms with van der Waals surface area (Å²) in [6.45, 7) is 0.141. The Hall–Kier alpha value is -2.37. The van der Waals surface area contributed by atoms with Crippen LogP contribution in [0, 0.1) is 0 Å². The summed E-state index contributed by atoms with van der Waals surface area (Å²) in [6.07, 6.45) is 0. The Kier molecular flexibility index (Phi) is 3.60. The Morgan fingerprint density at radius 3 is 2.38 bits per heavy atom. The van der Waals surface area contributed by atoms with Crippen molar-refractivity contribution in [2.75, 3.05) is 7.11 Å². The van der Waals surface area contributed by atoms with Crippen molar-refractivity contribution in [3.8, 4) is 5.75 Å². The lowest BCUT2D eigenvalue weighted by molar-refractivity contribution is -0.120. The van der Waals surface area contributed by atoms with Gasteiger partial charge >= 0.3 is 11.9 Å². The average molecular weight is 224 g/mol. The molecule has 1 N–H and O–H groups in total. The fraction of sp³-hybridized carbons (Fsp3) is 0.100. The van der Waals surface area contributed by atoms with Crippen molar-refractivity contribution in [2.45, 2.75) is 0 Å². The van der Waals surface area contributed by atoms with Crippen LogP contribution in [0.3, 0.4) is 0 Å². The normalized spacial score (nSPS) is 9.31. The topological polar surface area (TPSA) is 89.9 Å². The van der Waals surface area contributed by atoms with E-state index in [1.54, 1.807) is 0 Å². The van der Waals surface area contributed by atoms with E-state index >= 15 is 0 Å². The predicted molar refractivity (Wildman–Crippen MR) is 51.4 cm³/mol. The van der Waals surface area contributed by atoms with Gasteiger partial charge in [-0.15, -0.1) is 0 Å². The Balaban J connectivity index is 3.23. The average Bonchev–Trinajstić information content (AvgIpc) is 2.28. The van der Waals surface area contributed by atoms with Gasteiger partial charge in [-0.25, -0.2) is 9.59 Å². The zero-order valence-corrected chi connectivity index (χ0v) is 8.30. The summed E-state index contributed by atoms with van der Waals surface area (Å²) in [6, 6.07) is 3.47. The lowest BCUT2D eigenvalue weighted by Crippen LogP contribution is -2.05. The number of hydrogen-bond donors (Lipinski definition) is 1. The van der Waals surface area contributed by atoms with E-state index < -0.39 is 11.9 Å². The maximum atomic E-state index is 11.2. The lowest BCUT2D eigenvalue weighted by Gasteiger charge is -2.04. The van der Waals surface area contributed by atoms with Gasteiger partial charge in [-0.05, 0) is 18.2 Å². The highest BCUT2D eigenvalue weighted by Gasteiger charge is 2.13. The van der Waals surface area contributed by atoms with Crippen LogP contribution in [0.15, 0.2) is 18.2 Å². The molecule has 0 fully saturated rings. The summed E-state index contributed by atoms with van der Waals surface area (Å²) in [5.74, 6) is -1.98. The molecule has 0 radical (unpaired) electrons. The smallest absolute Gasteiger partial charge is 0.338 e. The quantitative estimate of drug-likeness (QED) is 0.598. The van der Waals surface area contributed by atoms with E-state index in [1.807, 2.05) is 0 Å². The Morgan fingerprint density at radius 2 is 1.88 bits per heavy atom. The number of esters is 1. The van der Waals surface area contributed by atoms with E-state index in [-0.39, 0.29) is 23.3 Å². The van der Waals surface area contributed by atoms with Crippen molar-refractivity contribution in [2.24, 2.45) is 0 Å². The van der Waals surface area contributed by atoms with Gasteiger partial charge in [0.05, 0.1) is 18.2 Å². The SMILES string of the molecule is COC(=O)c1cc(OC=O)cc(C(=O)O)c1. The molecule has 84 valence electrons. The second-order valence-corrected chi connectivity index (χ2v) is 2.76. The second-order valence-electron chi connectivity index (χ2n) is 2.76. The van der Waals surface area contributed by atoms with Crippen molar-refractivity contribution in [1.82, 2.24) is 0 Å². The molecule has 1 rings (SSSR count). The summed E-state index contributed by atoms with van der Waals surface area (Å²) in [4.78, 5) is 32.0. The van der Waals surface area contributed by atoms with Crippen LogP contribution in [0.4, 0.5) is 0 Å². The molecule has 0 spiro atoms. The molecule has 0 aliphatic carbocycles. The maximum Gasteiger partial charge on any atom is 0.338 e. The number of carboxylic acid groups (broad SMARTS) is 1. The number of ether oxygens (including phenoxy) is 2. The van der Waals surface area contributed by atoms with E-state index in [0.717, 1.165) is 19.2 Å². The molecule has 0 amide bonds. The van der Waals surface area contributed by atoms with Gasteiger partial charge in [0.15, 0.2) is 0 Å². The van der Waals surface area contributed by atoms with E-state index in [9.17, 15) is 14.4 Å². The molecule has 6 nitrogen and oxygen atoms in total. The number of methoxy groups -OCH3 is 1. The van der Waals surface area contributed by atoms with E-state index in [4.69, 9.17) is 5.11 Å². The molecule has 0 unspecified atom stereocenters. The van der Waals surface area contributed by atoms with Crippen LogP contribution in [-0.4, -0.2) is 30.6 Å². The third kappa shape index (κ3) is 2.57. The van der Waals surface area contributed by atoms with Gasteiger partial charge < -0.3 is 14.6 Å². The van der Waals surface area contributed by atoms with Crippen molar-refractivity contribution >= 4 is 18.4 Å². The zero-order valence-electron chi connectivity index (χ0n) is 8.30. The number of benzene rings is 1. The molecule has 1 aromatic rings. The number of carboxylic acids is 1. The zero-order chi connectivity index (χ0) is 12.1. The maximum absolute atomic E-state index is 11.2. The standard InChI is InChI=1S/C10H8O6/c1-15-10(14)7-2-6(9(12)13)3-8(4-7)16-5-11/h2-5H,1H3,(H,12,13). The van der Waals surface area contributed by atoms with Crippen molar-refractivity contribution in [3.63, 3.8) is 0 Å². The minimum absolute atomic E-state index is 0.000694. The van der Waals surface area contributed by atoms with E-state index in [0.29, 0.717) is 0 Å². The fourth-order valence-electron chi connectivity index (χ4n) is 1.08. The molecule has 0 aliphatic rings. The Bertz CT molecular complexity index is 437. The second kappa shape index (κ2) is 4.92. The van der Waals surface area contributed by atoms with Crippen LogP contribution in [-0.2, 0) is 9.53 Å². The number of aromatic carboxylic acids is 1. The van der Waals surface area contributed by atoms with Crippen LogP contribution in [0.5, 0.6) is 5.75 Å². The van der Waals surface area contributed by atoms with Crippen LogP contribution in [0.2, 0.25) is 0 Å². The summed E-state index contributed by atoms with van der Waals surface area (Å²) in [5, 5.41) is 8.76. The van der Waals surface area contributed by atoms with Gasteiger partial charge in [0.25, 0.3) is 6.47 Å². The number of carbonyl (C=O) groups excluding carboxylic acids is 2. The van der Waals surface area contributed by atoms with Gasteiger partial charge in [0.1, 0.15) is 5.75 Å². The van der Waals surface area contributed by atoms with Gasteiger partial charge in [-0.3, -0.25) is 4.79 Å². The molecule has 0 atom stereocenters. The molecular weight excluding hydrogens is 216 g/mol. The Morgan fingerprint density at radius 1 is 1.25 bits per heavy atom. The first-order chi connectivity index (χ1) is 7.58. The fourth-order valence-corrected chi connectivity index (χ4v) is 1.08. The minimum Gasteiger partial charge on any atom is -0.478 e.